The van der Waals surface area contributed by atoms with Crippen molar-refractivity contribution in [3.05, 3.63) is 54.2 Å². The molecule has 3 unspecified atom stereocenters. The van der Waals surface area contributed by atoms with Crippen molar-refractivity contribution >= 4 is 22.8 Å². The summed E-state index contributed by atoms with van der Waals surface area (Å²) in [5.74, 6) is -2.08. The number of rotatable bonds is 7. The van der Waals surface area contributed by atoms with Gasteiger partial charge in [-0.15, -0.1) is 0 Å². The summed E-state index contributed by atoms with van der Waals surface area (Å²) in [6.45, 7) is 5.04. The van der Waals surface area contributed by atoms with Crippen molar-refractivity contribution in [1.29, 1.82) is 0 Å². The lowest BCUT2D eigenvalue weighted by Gasteiger charge is -2.24. The van der Waals surface area contributed by atoms with E-state index in [1.807, 2.05) is 23.8 Å². The summed E-state index contributed by atoms with van der Waals surface area (Å²) >= 11 is 0. The van der Waals surface area contributed by atoms with Crippen LogP contribution in [0.3, 0.4) is 0 Å². The minimum Gasteiger partial charge on any atom is -0.503 e. The molecule has 0 fully saturated rings. The zero-order valence-corrected chi connectivity index (χ0v) is 17.6. The van der Waals surface area contributed by atoms with Crippen LogP contribution in [0.1, 0.15) is 37.3 Å². The monoisotopic (exact) mass is 429 g/mol. The number of nitrogens with zero attached hydrogens (tertiary/aromatic N) is 2. The van der Waals surface area contributed by atoms with Crippen LogP contribution in [0.15, 0.2) is 42.7 Å². The van der Waals surface area contributed by atoms with Crippen molar-refractivity contribution in [2.75, 3.05) is 7.11 Å². The topological polar surface area (TPSA) is 103 Å². The molecule has 3 rings (SSSR count). The highest BCUT2D eigenvalue weighted by Crippen LogP contribution is 2.27. The van der Waals surface area contributed by atoms with E-state index in [-0.39, 0.29) is 23.3 Å². The number of carbonyl (C=O) groups excluding carboxylic acids is 2. The molecule has 9 heteroatoms. The third-order valence-electron chi connectivity index (χ3n) is 5.13. The van der Waals surface area contributed by atoms with Gasteiger partial charge in [-0.3, -0.25) is 4.79 Å². The van der Waals surface area contributed by atoms with Crippen molar-refractivity contribution in [2.45, 2.75) is 39.0 Å². The summed E-state index contributed by atoms with van der Waals surface area (Å²) in [6, 6.07) is 6.49. The highest BCUT2D eigenvalue weighted by Gasteiger charge is 2.26. The van der Waals surface area contributed by atoms with Gasteiger partial charge in [-0.2, -0.15) is 0 Å². The molecule has 0 radical (unpaired) electrons. The van der Waals surface area contributed by atoms with Crippen LogP contribution in [-0.4, -0.2) is 45.8 Å². The first-order valence-electron chi connectivity index (χ1n) is 9.72. The molecular weight excluding hydrogens is 405 g/mol. The molecule has 0 aliphatic carbocycles. The van der Waals surface area contributed by atoms with Crippen LogP contribution in [0.25, 0.3) is 10.9 Å². The number of esters is 1. The Morgan fingerprint density at radius 2 is 1.94 bits per heavy atom. The first-order valence-corrected chi connectivity index (χ1v) is 9.72. The van der Waals surface area contributed by atoms with Gasteiger partial charge >= 0.3 is 5.97 Å². The molecule has 1 amide bonds. The second-order valence-corrected chi connectivity index (χ2v) is 7.21. The zero-order valence-electron chi connectivity index (χ0n) is 17.6. The fourth-order valence-corrected chi connectivity index (χ4v) is 3.18. The lowest BCUT2D eigenvalue weighted by molar-refractivity contribution is -0.151. The standard InChI is InChI=1S/C22H24FN3O5/c1-12(25-21(28)19-20(27)18(30-4)7-9-24-19)22(29)31-14(3)13(2)26-10-8-15-5-6-16(23)11-17(15)26/h5-14,27H,1-4H3,(H,25,28). The van der Waals surface area contributed by atoms with Gasteiger partial charge in [0.15, 0.2) is 17.2 Å². The van der Waals surface area contributed by atoms with Gasteiger partial charge < -0.3 is 24.5 Å². The highest BCUT2D eigenvalue weighted by atomic mass is 19.1. The molecule has 164 valence electrons. The lowest BCUT2D eigenvalue weighted by atomic mass is 10.2. The predicted molar refractivity (Wildman–Crippen MR) is 112 cm³/mol. The molecule has 0 bridgehead atoms. The number of halogens is 1. The molecule has 0 aliphatic heterocycles. The number of hydrogen-bond donors (Lipinski definition) is 2. The molecule has 1 aromatic carbocycles. The van der Waals surface area contributed by atoms with Crippen LogP contribution < -0.4 is 10.1 Å². The lowest BCUT2D eigenvalue weighted by Crippen LogP contribution is -2.41. The summed E-state index contributed by atoms with van der Waals surface area (Å²) in [5, 5.41) is 13.4. The Morgan fingerprint density at radius 1 is 1.19 bits per heavy atom. The zero-order chi connectivity index (χ0) is 22.7. The number of aromatic hydroxyl groups is 1. The first-order chi connectivity index (χ1) is 14.7. The third kappa shape index (κ3) is 4.60. The number of nitrogens with one attached hydrogen (secondary N) is 1. The first kappa shape index (κ1) is 22.1. The van der Waals surface area contributed by atoms with Gasteiger partial charge in [0.05, 0.1) is 18.7 Å². The maximum Gasteiger partial charge on any atom is 0.328 e. The Hall–Kier alpha value is -3.62. The van der Waals surface area contributed by atoms with Crippen molar-refractivity contribution < 1.29 is 28.6 Å². The molecule has 0 spiro atoms. The number of fused-ring (bicyclic) bond motifs is 1. The molecule has 8 nitrogen and oxygen atoms in total. The Balaban J connectivity index is 1.66. The van der Waals surface area contributed by atoms with E-state index in [1.165, 1.54) is 38.4 Å². The number of aromatic nitrogens is 2. The molecular formula is C22H24FN3O5. The maximum absolute atomic E-state index is 13.6. The second-order valence-electron chi connectivity index (χ2n) is 7.21. The molecule has 31 heavy (non-hydrogen) atoms. The van der Waals surface area contributed by atoms with Crippen molar-refractivity contribution in [2.24, 2.45) is 0 Å². The van der Waals surface area contributed by atoms with Gasteiger partial charge in [-0.25, -0.2) is 14.2 Å². The van der Waals surface area contributed by atoms with Gasteiger partial charge in [-0.1, -0.05) is 0 Å². The largest absolute Gasteiger partial charge is 0.503 e. The summed E-state index contributed by atoms with van der Waals surface area (Å²) in [5.41, 5.74) is 0.428. The van der Waals surface area contributed by atoms with Gasteiger partial charge in [-0.05, 0) is 50.4 Å². The van der Waals surface area contributed by atoms with Crippen LogP contribution in [0, 0.1) is 5.82 Å². The van der Waals surface area contributed by atoms with Crippen molar-refractivity contribution in [3.8, 4) is 11.5 Å². The van der Waals surface area contributed by atoms with E-state index in [1.54, 1.807) is 13.0 Å². The summed E-state index contributed by atoms with van der Waals surface area (Å²) in [4.78, 5) is 28.7. The van der Waals surface area contributed by atoms with Crippen LogP contribution in [0.4, 0.5) is 4.39 Å². The molecule has 3 atom stereocenters. The van der Waals surface area contributed by atoms with E-state index in [4.69, 9.17) is 9.47 Å². The molecule has 0 aliphatic rings. The van der Waals surface area contributed by atoms with Gasteiger partial charge in [0, 0.05) is 18.5 Å². The summed E-state index contributed by atoms with van der Waals surface area (Å²) in [7, 11) is 1.35. The summed E-state index contributed by atoms with van der Waals surface area (Å²) in [6.07, 6.45) is 2.56. The molecule has 2 N–H and O–H groups in total. The van der Waals surface area contributed by atoms with Crippen LogP contribution >= 0.6 is 0 Å². The van der Waals surface area contributed by atoms with Crippen LogP contribution in [0.2, 0.25) is 0 Å². The van der Waals surface area contributed by atoms with Gasteiger partial charge in [0.1, 0.15) is 18.0 Å². The number of ether oxygens (including phenoxy) is 2. The molecule has 2 aromatic heterocycles. The van der Waals surface area contributed by atoms with Gasteiger partial charge in [0.25, 0.3) is 5.91 Å². The fourth-order valence-electron chi connectivity index (χ4n) is 3.18. The molecule has 3 aromatic rings. The van der Waals surface area contributed by atoms with Crippen LogP contribution in [-0.2, 0) is 9.53 Å². The van der Waals surface area contributed by atoms with E-state index in [0.29, 0.717) is 5.52 Å². The molecule has 2 heterocycles. The maximum atomic E-state index is 13.6. The highest BCUT2D eigenvalue weighted by molar-refractivity contribution is 5.97. The third-order valence-corrected chi connectivity index (χ3v) is 5.13. The number of carbonyl (C=O) groups is 2. The quantitative estimate of drug-likeness (QED) is 0.559. The Morgan fingerprint density at radius 3 is 2.65 bits per heavy atom. The Labute approximate surface area is 178 Å². The summed E-state index contributed by atoms with van der Waals surface area (Å²) < 4.78 is 25.9. The number of hydrogen-bond acceptors (Lipinski definition) is 6. The van der Waals surface area contributed by atoms with Gasteiger partial charge in [0.2, 0.25) is 0 Å². The normalized spacial score (nSPS) is 14.0. The van der Waals surface area contributed by atoms with E-state index in [0.717, 1.165) is 5.39 Å². The number of benzene rings is 1. The average Bonchev–Trinajstić information content (AvgIpc) is 3.15. The number of amides is 1. The smallest absolute Gasteiger partial charge is 0.328 e. The Bertz CT molecular complexity index is 1110. The van der Waals surface area contributed by atoms with E-state index >= 15 is 0 Å². The van der Waals surface area contributed by atoms with Crippen LogP contribution in [0.5, 0.6) is 11.5 Å². The minimum absolute atomic E-state index is 0.0909. The molecule has 0 saturated heterocycles. The second kappa shape index (κ2) is 9.03. The van der Waals surface area contributed by atoms with Crippen molar-refractivity contribution in [1.82, 2.24) is 14.9 Å². The van der Waals surface area contributed by atoms with Crippen molar-refractivity contribution in [3.63, 3.8) is 0 Å². The Kier molecular flexibility index (Phi) is 6.43. The SMILES string of the molecule is COc1ccnc(C(=O)NC(C)C(=O)OC(C)C(C)n2ccc3ccc(F)cc32)c1O. The number of methoxy groups -OCH3 is 1. The predicted octanol–water partition coefficient (Wildman–Crippen LogP) is 3.20. The molecule has 0 saturated carbocycles. The minimum atomic E-state index is -0.992. The fraction of sp³-hybridized carbons (Fsp3) is 0.318. The number of pyridine rings is 1. The van der Waals surface area contributed by atoms with E-state index < -0.39 is 29.8 Å². The van der Waals surface area contributed by atoms with E-state index in [2.05, 4.69) is 10.3 Å². The average molecular weight is 429 g/mol. The van der Waals surface area contributed by atoms with E-state index in [9.17, 15) is 19.1 Å².